The molecule has 14 unspecified atom stereocenters. The van der Waals surface area contributed by atoms with Crippen LogP contribution in [0.2, 0.25) is 0 Å². The molecule has 25 heteroatoms. The van der Waals surface area contributed by atoms with Gasteiger partial charge < -0.3 is 50.4 Å². The number of carbonyl (C=O) groups excluding carboxylic acids is 10. The zero-order valence-corrected chi connectivity index (χ0v) is 60.5. The molecular weight excluding hydrogens is 1270 g/mol. The van der Waals surface area contributed by atoms with E-state index in [4.69, 9.17) is 19.9 Å². The van der Waals surface area contributed by atoms with Gasteiger partial charge in [0.2, 0.25) is 29.5 Å². The number of carbonyl (C=O) groups is 10. The number of hydrogen-bond acceptors (Lipinski definition) is 15. The molecule has 22 nitrogen and oxygen atoms in total. The van der Waals surface area contributed by atoms with E-state index in [0.717, 1.165) is 10.5 Å². The van der Waals surface area contributed by atoms with E-state index in [2.05, 4.69) is 16.0 Å². The molecule has 0 aliphatic carbocycles. The molecule has 4 rings (SSSR count). The van der Waals surface area contributed by atoms with Crippen LogP contribution in [0.1, 0.15) is 183 Å². The van der Waals surface area contributed by atoms with Gasteiger partial charge in [0.1, 0.15) is 18.4 Å². The summed E-state index contributed by atoms with van der Waals surface area (Å²) in [6.45, 7) is 20.1. The summed E-state index contributed by atoms with van der Waals surface area (Å²) >= 11 is 0. The second-order valence-corrected chi connectivity index (χ2v) is 28.3. The van der Waals surface area contributed by atoms with Crippen molar-refractivity contribution in [1.29, 1.82) is 0 Å². The standard InChI is InChI=1S/C73H113F3N8O14/c1-16-46(8)65(59(96-14)41-62(89)83-36-24-28-55(83)67(97-15)49(11)56(85)37-47(9)66(90)51-25-19-17-20-26-51)81(12)70(93)54(43(2)3)40-58(87)64(45(6)7)82(13)72(95)98-42-50-30-32-53(33-31-50)79-68(91)52(27-23-34-78-71(77)94)39-57(86)63(44(4)5)80-60(73(74,75)76)29-21-18-22-35-84-61(88)38-48(10)69(84)92/h17,19-20,25-26,30-33,43-49,52,54-55,59-60,63-67,80,90H,16,18,21-24,27-29,34-42H2,1-15H3,(H,79,91)(H3,77,78,94). The molecule has 0 spiro atoms. The topological polar surface area (TPSA) is 294 Å². The van der Waals surface area contributed by atoms with Crippen molar-refractivity contribution in [2.45, 2.75) is 227 Å². The number of aliphatic hydroxyl groups is 1. The lowest BCUT2D eigenvalue weighted by Crippen LogP contribution is -2.54. The van der Waals surface area contributed by atoms with Crippen LogP contribution in [-0.4, -0.2) is 180 Å². The minimum atomic E-state index is -4.73. The SMILES string of the molecule is CCC(C)C(C(CC(=O)N1CCCC1C(OC)C(C)C(=O)CC(C)C(O)c1ccccc1)OC)N(C)C(=O)C(CC(=O)C(C(C)C)N(C)C(=O)OCc1ccc(NC(=O)C(CCCNC(N)=O)CC(=O)C(NC(CCCCCN2C(=O)CC(C)C2=O)C(F)(F)F)C(C)C)cc1)C(C)C. The van der Waals surface area contributed by atoms with Crippen molar-refractivity contribution in [2.24, 2.45) is 59.0 Å². The zero-order valence-electron chi connectivity index (χ0n) is 60.5. The normalized spacial score (nSPS) is 18.8. The molecule has 2 heterocycles. The minimum absolute atomic E-state index is 0.0601. The van der Waals surface area contributed by atoms with E-state index in [1.165, 1.54) is 19.1 Å². The Balaban J connectivity index is 1.40. The summed E-state index contributed by atoms with van der Waals surface area (Å²) in [7, 11) is 6.17. The van der Waals surface area contributed by atoms with E-state index in [1.54, 1.807) is 89.8 Å². The number of hydrogen-bond donors (Lipinski definition) is 5. The number of methoxy groups -OCH3 is 2. The van der Waals surface area contributed by atoms with E-state index >= 15 is 0 Å². The fraction of sp³-hybridized carbons (Fsp3) is 0.699. The third kappa shape index (κ3) is 24.2. The number of rotatable bonds is 42. The fourth-order valence-electron chi connectivity index (χ4n) is 13.8. The Morgan fingerprint density at radius 3 is 1.96 bits per heavy atom. The van der Waals surface area contributed by atoms with Crippen molar-refractivity contribution in [3.63, 3.8) is 0 Å². The molecule has 0 saturated carbocycles. The number of anilines is 1. The minimum Gasteiger partial charge on any atom is -0.445 e. The number of benzene rings is 2. The summed E-state index contributed by atoms with van der Waals surface area (Å²) < 4.78 is 61.4. The Labute approximate surface area is 578 Å². The summed E-state index contributed by atoms with van der Waals surface area (Å²) in [4.78, 5) is 141. The number of amides is 8. The number of primary amides is 1. The first-order valence-electron chi connectivity index (χ1n) is 35.0. The number of aliphatic hydroxyl groups excluding tert-OH is 1. The number of nitrogens with one attached hydrogen (secondary N) is 3. The number of urea groups is 1. The van der Waals surface area contributed by atoms with Gasteiger partial charge in [-0.15, -0.1) is 0 Å². The summed E-state index contributed by atoms with van der Waals surface area (Å²) in [6.07, 6.45) is -5.65. The maximum absolute atomic E-state index is 14.9. The molecule has 2 saturated heterocycles. The van der Waals surface area contributed by atoms with E-state index in [9.17, 15) is 66.2 Å². The fourth-order valence-corrected chi connectivity index (χ4v) is 13.8. The van der Waals surface area contributed by atoms with Crippen LogP contribution in [-0.2, 0) is 59.2 Å². The van der Waals surface area contributed by atoms with Gasteiger partial charge in [-0.25, -0.2) is 9.59 Å². The van der Waals surface area contributed by atoms with Crippen LogP contribution in [0.15, 0.2) is 54.6 Å². The highest BCUT2D eigenvalue weighted by molar-refractivity contribution is 6.03. The number of unbranched alkanes of at least 4 members (excludes halogenated alkanes) is 2. The van der Waals surface area contributed by atoms with Crippen LogP contribution in [0.25, 0.3) is 0 Å². The Bertz CT molecular complexity index is 2940. The van der Waals surface area contributed by atoms with Gasteiger partial charge in [-0.1, -0.05) is 138 Å². The first-order chi connectivity index (χ1) is 46.1. The smallest absolute Gasteiger partial charge is 0.410 e. The first kappa shape index (κ1) is 83.6. The summed E-state index contributed by atoms with van der Waals surface area (Å²) in [6, 6.07) is 9.31. The van der Waals surface area contributed by atoms with Crippen molar-refractivity contribution in [2.75, 3.05) is 53.3 Å². The van der Waals surface area contributed by atoms with Crippen LogP contribution >= 0.6 is 0 Å². The molecule has 0 radical (unpaired) electrons. The molecule has 2 aliphatic rings. The number of nitrogens with two attached hydrogens (primary N) is 1. The molecule has 2 fully saturated rings. The molecule has 2 aliphatic heterocycles. The number of likely N-dealkylation sites (tertiary alicyclic amines) is 2. The number of Topliss-reactive ketones (excluding diaryl/α,β-unsaturated/α-hetero) is 3. The van der Waals surface area contributed by atoms with Gasteiger partial charge in [-0.05, 0) is 91.4 Å². The monoisotopic (exact) mass is 1380 g/mol. The lowest BCUT2D eigenvalue weighted by molar-refractivity contribution is -0.161. The van der Waals surface area contributed by atoms with Gasteiger partial charge >= 0.3 is 18.3 Å². The lowest BCUT2D eigenvalue weighted by Gasteiger charge is -2.41. The molecule has 550 valence electrons. The van der Waals surface area contributed by atoms with Crippen molar-refractivity contribution in [3.8, 4) is 0 Å². The van der Waals surface area contributed by atoms with E-state index in [1.807, 2.05) is 65.0 Å². The molecule has 0 aromatic heterocycles. The molecule has 14 atom stereocenters. The quantitative estimate of drug-likeness (QED) is 0.0305. The summed E-state index contributed by atoms with van der Waals surface area (Å²) in [5, 5.41) is 18.8. The molecule has 2 aromatic carbocycles. The number of halogens is 3. The lowest BCUT2D eigenvalue weighted by atomic mass is 9.83. The third-order valence-corrected chi connectivity index (χ3v) is 19.8. The predicted octanol–water partition coefficient (Wildman–Crippen LogP) is 10.2. The van der Waals surface area contributed by atoms with E-state index in [0.29, 0.717) is 49.9 Å². The highest BCUT2D eigenvalue weighted by Gasteiger charge is 2.46. The Morgan fingerprint density at radius 2 is 1.41 bits per heavy atom. The van der Waals surface area contributed by atoms with Crippen LogP contribution in [0.3, 0.4) is 0 Å². The van der Waals surface area contributed by atoms with Crippen molar-refractivity contribution in [3.05, 3.63) is 65.7 Å². The van der Waals surface area contributed by atoms with Gasteiger partial charge in [-0.3, -0.25) is 48.6 Å². The molecule has 6 N–H and O–H groups in total. The maximum atomic E-state index is 14.9. The van der Waals surface area contributed by atoms with Crippen LogP contribution in [0, 0.1) is 53.3 Å². The average Bonchev–Trinajstić information content (AvgIpc) is 1.75. The molecule has 8 amide bonds. The average molecular weight is 1380 g/mol. The predicted molar refractivity (Wildman–Crippen MR) is 366 cm³/mol. The molecular formula is C73H113F3N8O14. The highest BCUT2D eigenvalue weighted by Crippen LogP contribution is 2.34. The number of likely N-dealkylation sites (N-methyl/N-ethyl adjacent to an activating group) is 2. The van der Waals surface area contributed by atoms with Crippen molar-refractivity contribution in [1.82, 2.24) is 30.2 Å². The van der Waals surface area contributed by atoms with Gasteiger partial charge in [-0.2, -0.15) is 13.2 Å². The first-order valence-corrected chi connectivity index (χ1v) is 35.0. The third-order valence-electron chi connectivity index (χ3n) is 19.8. The summed E-state index contributed by atoms with van der Waals surface area (Å²) in [5.74, 6) is -7.54. The maximum Gasteiger partial charge on any atom is 0.410 e. The van der Waals surface area contributed by atoms with E-state index in [-0.39, 0.29) is 124 Å². The number of ether oxygens (including phenoxy) is 3. The number of ketones is 3. The van der Waals surface area contributed by atoms with Crippen LogP contribution in [0.5, 0.6) is 0 Å². The number of imide groups is 1. The van der Waals surface area contributed by atoms with Gasteiger partial charge in [0.15, 0.2) is 11.6 Å². The van der Waals surface area contributed by atoms with Gasteiger partial charge in [0.25, 0.3) is 0 Å². The Morgan fingerprint density at radius 1 is 0.755 bits per heavy atom. The highest BCUT2D eigenvalue weighted by atomic mass is 19.4. The second-order valence-electron chi connectivity index (χ2n) is 28.3. The van der Waals surface area contributed by atoms with E-state index < -0.39 is 120 Å². The number of alkyl halides is 3. The second kappa shape index (κ2) is 39.8. The van der Waals surface area contributed by atoms with Crippen molar-refractivity contribution < 1.29 is 80.4 Å². The van der Waals surface area contributed by atoms with Gasteiger partial charge in [0, 0.05) is 103 Å². The Kier molecular flexibility index (Phi) is 34.0. The summed E-state index contributed by atoms with van der Waals surface area (Å²) in [5.41, 5.74) is 6.76. The number of nitrogens with zero attached hydrogens (tertiary/aromatic N) is 4. The molecule has 98 heavy (non-hydrogen) atoms. The van der Waals surface area contributed by atoms with Crippen LogP contribution < -0.4 is 21.7 Å². The van der Waals surface area contributed by atoms with Crippen molar-refractivity contribution >= 4 is 64.7 Å². The largest absolute Gasteiger partial charge is 0.445 e. The van der Waals surface area contributed by atoms with Crippen LogP contribution in [0.4, 0.5) is 28.4 Å². The zero-order chi connectivity index (χ0) is 73.5. The molecule has 0 bridgehead atoms. The molecule has 2 aromatic rings. The van der Waals surface area contributed by atoms with Gasteiger partial charge in [0.05, 0.1) is 48.9 Å². The Hall–Kier alpha value is -6.83.